The minimum absolute atomic E-state index is 0. The van der Waals surface area contributed by atoms with Crippen molar-refractivity contribution in [3.05, 3.63) is 29.3 Å². The van der Waals surface area contributed by atoms with Crippen molar-refractivity contribution in [3.63, 3.8) is 0 Å². The number of carbonyl (C=O) groups excluding carboxylic acids is 1. The van der Waals surface area contributed by atoms with Gasteiger partial charge in [0.1, 0.15) is 12.3 Å². The van der Waals surface area contributed by atoms with E-state index in [0.29, 0.717) is 5.75 Å². The quantitative estimate of drug-likeness (QED) is 0.712. The van der Waals surface area contributed by atoms with Crippen LogP contribution in [0.5, 0.6) is 5.75 Å². The number of hydrogen-bond donors (Lipinski definition) is 0. The highest BCUT2D eigenvalue weighted by Gasteiger charge is 2.21. The van der Waals surface area contributed by atoms with E-state index < -0.39 is 0 Å². The fraction of sp³-hybridized carbons (Fsp3) is 0.588. The van der Waals surface area contributed by atoms with Crippen LogP contribution in [-0.4, -0.2) is 50.7 Å². The third-order valence-corrected chi connectivity index (χ3v) is 3.13. The molecule has 0 fully saturated rings. The molecular weight excluding hydrogens is 344 g/mol. The van der Waals surface area contributed by atoms with E-state index in [4.69, 9.17) is 4.74 Å². The van der Waals surface area contributed by atoms with Crippen LogP contribution in [0, 0.1) is 0 Å². The lowest BCUT2D eigenvalue weighted by molar-refractivity contribution is -0.884. The highest BCUT2D eigenvalue weighted by atomic mass is 79.9. The third-order valence-electron chi connectivity index (χ3n) is 3.13. The van der Waals surface area contributed by atoms with Gasteiger partial charge in [-0.3, -0.25) is 0 Å². The molecule has 0 aliphatic carbocycles. The van der Waals surface area contributed by atoms with Crippen molar-refractivity contribution in [1.29, 1.82) is 0 Å². The summed E-state index contributed by atoms with van der Waals surface area (Å²) in [5, 5.41) is 0. The average molecular weight is 373 g/mol. The molecule has 0 bridgehead atoms. The van der Waals surface area contributed by atoms with Crippen molar-refractivity contribution in [2.24, 2.45) is 0 Å². The SMILES string of the molecule is CN(C)C(=O)Oc1ccc(C(C)(C)C)cc1C[N+](C)(C)C.[Br-]. The second kappa shape index (κ2) is 7.47. The lowest BCUT2D eigenvalue weighted by atomic mass is 9.86. The Balaban J connectivity index is 0.00000441. The lowest BCUT2D eigenvalue weighted by Crippen LogP contribution is -3.00. The molecule has 0 aliphatic rings. The van der Waals surface area contributed by atoms with Crippen molar-refractivity contribution >= 4 is 6.09 Å². The molecule has 0 saturated carbocycles. The van der Waals surface area contributed by atoms with Crippen molar-refractivity contribution in [2.45, 2.75) is 32.7 Å². The summed E-state index contributed by atoms with van der Waals surface area (Å²) in [6.07, 6.45) is -0.346. The zero-order valence-corrected chi connectivity index (χ0v) is 16.6. The van der Waals surface area contributed by atoms with Crippen molar-refractivity contribution in [2.75, 3.05) is 35.2 Å². The standard InChI is InChI=1S/C17H29N2O2.BrH/c1-17(2,3)14-9-10-15(21-16(20)18(4)5)13(11-14)12-19(6,7)8;/h9-11H,12H2,1-8H3;1H/q+1;/p-1. The van der Waals surface area contributed by atoms with Gasteiger partial charge in [0.2, 0.25) is 0 Å². The van der Waals surface area contributed by atoms with E-state index >= 15 is 0 Å². The van der Waals surface area contributed by atoms with Crippen LogP contribution in [0.4, 0.5) is 4.79 Å². The maximum Gasteiger partial charge on any atom is 0.414 e. The van der Waals surface area contributed by atoms with Gasteiger partial charge in [-0.1, -0.05) is 26.8 Å². The molecule has 1 rings (SSSR count). The Labute approximate surface area is 145 Å². The van der Waals surface area contributed by atoms with E-state index in [-0.39, 0.29) is 28.5 Å². The molecule has 1 amide bonds. The fourth-order valence-electron chi connectivity index (χ4n) is 1.97. The van der Waals surface area contributed by atoms with Crippen molar-refractivity contribution in [1.82, 2.24) is 4.90 Å². The molecule has 0 saturated heterocycles. The van der Waals surface area contributed by atoms with E-state index in [9.17, 15) is 4.79 Å². The lowest BCUT2D eigenvalue weighted by Gasteiger charge is -2.27. The van der Waals surface area contributed by atoms with Crippen molar-refractivity contribution in [3.8, 4) is 5.75 Å². The minimum atomic E-state index is -0.346. The summed E-state index contributed by atoms with van der Waals surface area (Å²) >= 11 is 0. The summed E-state index contributed by atoms with van der Waals surface area (Å²) in [6, 6.07) is 6.10. The van der Waals surface area contributed by atoms with Gasteiger partial charge in [-0.15, -0.1) is 0 Å². The van der Waals surface area contributed by atoms with Crippen LogP contribution >= 0.6 is 0 Å². The molecule has 0 unspecified atom stereocenters. The zero-order valence-electron chi connectivity index (χ0n) is 15.0. The summed E-state index contributed by atoms with van der Waals surface area (Å²) < 4.78 is 6.28. The normalized spacial score (nSPS) is 11.6. The topological polar surface area (TPSA) is 29.5 Å². The molecule has 0 spiro atoms. The maximum absolute atomic E-state index is 11.8. The molecule has 0 N–H and O–H groups in total. The molecule has 0 atom stereocenters. The molecule has 0 radical (unpaired) electrons. The Kier molecular flexibility index (Phi) is 7.10. The first-order valence-corrected chi connectivity index (χ1v) is 7.23. The maximum atomic E-state index is 11.8. The van der Waals surface area contributed by atoms with E-state index in [1.165, 1.54) is 10.5 Å². The Morgan fingerprint density at radius 3 is 2.14 bits per heavy atom. The number of ether oxygens (including phenoxy) is 1. The highest BCUT2D eigenvalue weighted by molar-refractivity contribution is 5.70. The molecule has 126 valence electrons. The largest absolute Gasteiger partial charge is 1.00 e. The number of quaternary nitrogens is 1. The van der Waals surface area contributed by atoms with Crippen molar-refractivity contribution < 1.29 is 31.0 Å². The minimum Gasteiger partial charge on any atom is -1.00 e. The number of rotatable bonds is 3. The van der Waals surface area contributed by atoms with Gasteiger partial charge in [0.25, 0.3) is 0 Å². The Morgan fingerprint density at radius 2 is 1.73 bits per heavy atom. The molecule has 22 heavy (non-hydrogen) atoms. The van der Waals surface area contributed by atoms with Gasteiger partial charge in [-0.05, 0) is 23.1 Å². The number of halogens is 1. The van der Waals surface area contributed by atoms with Crippen LogP contribution in [-0.2, 0) is 12.0 Å². The Morgan fingerprint density at radius 1 is 1.18 bits per heavy atom. The first kappa shape index (κ1) is 20.9. The molecule has 5 heteroatoms. The van der Waals surface area contributed by atoms with Crippen LogP contribution in [0.25, 0.3) is 0 Å². The smallest absolute Gasteiger partial charge is 0.414 e. The van der Waals surface area contributed by atoms with Gasteiger partial charge in [0.15, 0.2) is 0 Å². The van der Waals surface area contributed by atoms with Crippen LogP contribution in [0.2, 0.25) is 0 Å². The molecule has 0 aromatic heterocycles. The van der Waals surface area contributed by atoms with Gasteiger partial charge < -0.3 is 31.1 Å². The number of hydrogen-bond acceptors (Lipinski definition) is 2. The van der Waals surface area contributed by atoms with E-state index in [1.807, 2.05) is 12.1 Å². The van der Waals surface area contributed by atoms with Gasteiger partial charge in [-0.2, -0.15) is 0 Å². The van der Waals surface area contributed by atoms with Crippen LogP contribution < -0.4 is 21.7 Å². The van der Waals surface area contributed by atoms with Gasteiger partial charge in [-0.25, -0.2) is 4.79 Å². The molecule has 1 aromatic rings. The Hall–Kier alpha value is -1.07. The third kappa shape index (κ3) is 6.36. The summed E-state index contributed by atoms with van der Waals surface area (Å²) in [6.45, 7) is 7.36. The first-order valence-electron chi connectivity index (χ1n) is 7.23. The number of benzene rings is 1. The first-order chi connectivity index (χ1) is 9.40. The Bertz CT molecular complexity index is 514. The van der Waals surface area contributed by atoms with Gasteiger partial charge >= 0.3 is 6.09 Å². The second-order valence-electron chi connectivity index (χ2n) is 7.78. The molecular formula is C17H29BrN2O2. The monoisotopic (exact) mass is 372 g/mol. The molecule has 0 heterocycles. The number of carbonyl (C=O) groups is 1. The van der Waals surface area contributed by atoms with E-state index in [0.717, 1.165) is 16.6 Å². The zero-order chi connectivity index (χ0) is 16.4. The summed E-state index contributed by atoms with van der Waals surface area (Å²) in [7, 11) is 9.75. The summed E-state index contributed by atoms with van der Waals surface area (Å²) in [4.78, 5) is 13.2. The highest BCUT2D eigenvalue weighted by Crippen LogP contribution is 2.29. The predicted molar refractivity (Wildman–Crippen MR) is 86.6 cm³/mol. The van der Waals surface area contributed by atoms with Crippen LogP contribution in [0.1, 0.15) is 31.9 Å². The van der Waals surface area contributed by atoms with E-state index in [2.05, 4.69) is 48.0 Å². The summed E-state index contributed by atoms with van der Waals surface area (Å²) in [5.74, 6) is 0.648. The van der Waals surface area contributed by atoms with E-state index in [1.54, 1.807) is 14.1 Å². The molecule has 0 aliphatic heterocycles. The number of nitrogens with zero attached hydrogens (tertiary/aromatic N) is 2. The number of amides is 1. The van der Waals surface area contributed by atoms with Crippen LogP contribution in [0.15, 0.2) is 18.2 Å². The van der Waals surface area contributed by atoms with Gasteiger partial charge in [0, 0.05) is 19.7 Å². The molecule has 4 nitrogen and oxygen atoms in total. The van der Waals surface area contributed by atoms with Crippen LogP contribution in [0.3, 0.4) is 0 Å². The second-order valence-corrected chi connectivity index (χ2v) is 7.78. The predicted octanol–water partition coefficient (Wildman–Crippen LogP) is 0.255. The average Bonchev–Trinajstić information content (AvgIpc) is 2.27. The van der Waals surface area contributed by atoms with Gasteiger partial charge in [0.05, 0.1) is 21.1 Å². The summed E-state index contributed by atoms with van der Waals surface area (Å²) in [5.41, 5.74) is 2.38. The molecule has 1 aromatic carbocycles. The fourth-order valence-corrected chi connectivity index (χ4v) is 1.97.